The Kier molecular flexibility index (Phi) is 5.93. The fraction of sp³-hybridized carbons (Fsp3) is 0.280. The Labute approximate surface area is 186 Å². The van der Waals surface area contributed by atoms with Gasteiger partial charge in [0.2, 0.25) is 0 Å². The van der Waals surface area contributed by atoms with E-state index in [-0.39, 0.29) is 17.5 Å². The first-order valence-electron chi connectivity index (χ1n) is 10.6. The van der Waals surface area contributed by atoms with E-state index in [0.717, 1.165) is 18.1 Å². The maximum atomic E-state index is 14.0. The number of hydrogen-bond acceptors (Lipinski definition) is 4. The van der Waals surface area contributed by atoms with Gasteiger partial charge in [-0.2, -0.15) is 0 Å². The van der Waals surface area contributed by atoms with Crippen molar-refractivity contribution >= 4 is 11.6 Å². The molecule has 1 saturated heterocycles. The van der Waals surface area contributed by atoms with Crippen molar-refractivity contribution < 1.29 is 13.6 Å². The largest absolute Gasteiger partial charge is 0.367 e. The molecule has 3 N–H and O–H groups in total. The van der Waals surface area contributed by atoms with Gasteiger partial charge in [0.15, 0.2) is 0 Å². The molecule has 0 spiro atoms. The van der Waals surface area contributed by atoms with Crippen molar-refractivity contribution in [1.29, 1.82) is 0 Å². The number of aromatic nitrogens is 1. The van der Waals surface area contributed by atoms with Crippen LogP contribution in [-0.2, 0) is 0 Å². The fourth-order valence-corrected chi connectivity index (χ4v) is 4.13. The Morgan fingerprint density at radius 2 is 1.84 bits per heavy atom. The summed E-state index contributed by atoms with van der Waals surface area (Å²) in [7, 11) is 0. The zero-order valence-electron chi connectivity index (χ0n) is 18.1. The second-order valence-electron chi connectivity index (χ2n) is 8.65. The Hall–Kier alpha value is -3.32. The van der Waals surface area contributed by atoms with Gasteiger partial charge in [0, 0.05) is 36.5 Å². The van der Waals surface area contributed by atoms with Gasteiger partial charge in [-0.3, -0.25) is 9.78 Å². The Bertz CT molecular complexity index is 1110. The summed E-state index contributed by atoms with van der Waals surface area (Å²) < 4.78 is 28.0. The molecule has 2 atom stereocenters. The van der Waals surface area contributed by atoms with Crippen LogP contribution >= 0.6 is 0 Å². The number of nitrogens with one attached hydrogen (secondary N) is 1. The van der Waals surface area contributed by atoms with Crippen LogP contribution in [0.3, 0.4) is 0 Å². The first kappa shape index (κ1) is 21.9. The zero-order valence-corrected chi connectivity index (χ0v) is 18.1. The standard InChI is InChI=1S/C25H26F2N4O/c1-16(17-6-4-3-5-7-17)30-24(32)21-8-10-29-22(18-12-19(26)14-20(27)13-18)23(21)31-11-9-25(2,28)15-31/h3-8,10,12-14,16H,9,11,15,28H2,1-2H3,(H,30,32)/t16-,25-/m0/s1. The number of pyridine rings is 1. The molecule has 0 radical (unpaired) electrons. The highest BCUT2D eigenvalue weighted by Gasteiger charge is 2.34. The van der Waals surface area contributed by atoms with E-state index in [1.165, 1.54) is 18.3 Å². The molecule has 0 saturated carbocycles. The van der Waals surface area contributed by atoms with Crippen molar-refractivity contribution in [2.45, 2.75) is 31.8 Å². The normalized spacial score (nSPS) is 19.1. The molecular weight excluding hydrogens is 410 g/mol. The van der Waals surface area contributed by atoms with Gasteiger partial charge < -0.3 is 16.0 Å². The Morgan fingerprint density at radius 1 is 1.16 bits per heavy atom. The number of halogens is 2. The topological polar surface area (TPSA) is 71.2 Å². The predicted molar refractivity (Wildman–Crippen MR) is 121 cm³/mol. The molecule has 0 unspecified atom stereocenters. The molecule has 2 heterocycles. The minimum atomic E-state index is -0.703. The average molecular weight is 437 g/mol. The number of anilines is 1. The van der Waals surface area contributed by atoms with E-state index < -0.39 is 17.2 Å². The van der Waals surface area contributed by atoms with Gasteiger partial charge in [-0.1, -0.05) is 30.3 Å². The van der Waals surface area contributed by atoms with Crippen molar-refractivity contribution in [2.75, 3.05) is 18.0 Å². The molecule has 1 amide bonds. The average Bonchev–Trinajstić information content (AvgIpc) is 3.12. The molecule has 1 fully saturated rings. The van der Waals surface area contributed by atoms with Crippen molar-refractivity contribution in [3.8, 4) is 11.3 Å². The Balaban J connectivity index is 1.77. The summed E-state index contributed by atoms with van der Waals surface area (Å²) in [6.07, 6.45) is 2.21. The summed E-state index contributed by atoms with van der Waals surface area (Å²) >= 11 is 0. The van der Waals surface area contributed by atoms with Gasteiger partial charge in [0.1, 0.15) is 11.6 Å². The van der Waals surface area contributed by atoms with E-state index in [0.29, 0.717) is 30.0 Å². The molecule has 166 valence electrons. The number of hydrogen-bond donors (Lipinski definition) is 2. The minimum Gasteiger partial charge on any atom is -0.367 e. The highest BCUT2D eigenvalue weighted by Crippen LogP contribution is 2.36. The van der Waals surface area contributed by atoms with E-state index >= 15 is 0 Å². The van der Waals surface area contributed by atoms with Gasteiger partial charge in [-0.15, -0.1) is 0 Å². The van der Waals surface area contributed by atoms with Crippen LogP contribution in [0.1, 0.15) is 42.2 Å². The van der Waals surface area contributed by atoms with Crippen LogP contribution < -0.4 is 16.0 Å². The lowest BCUT2D eigenvalue weighted by Gasteiger charge is -2.26. The van der Waals surface area contributed by atoms with Crippen LogP contribution in [0.5, 0.6) is 0 Å². The smallest absolute Gasteiger partial charge is 0.253 e. The number of nitrogens with zero attached hydrogens (tertiary/aromatic N) is 2. The second kappa shape index (κ2) is 8.67. The highest BCUT2D eigenvalue weighted by atomic mass is 19.1. The molecule has 1 aromatic heterocycles. The second-order valence-corrected chi connectivity index (χ2v) is 8.65. The van der Waals surface area contributed by atoms with Crippen molar-refractivity contribution in [1.82, 2.24) is 10.3 Å². The van der Waals surface area contributed by atoms with Gasteiger partial charge in [0.05, 0.1) is 23.0 Å². The molecule has 7 heteroatoms. The highest BCUT2D eigenvalue weighted by molar-refractivity contribution is 6.03. The maximum absolute atomic E-state index is 14.0. The Morgan fingerprint density at radius 3 is 2.47 bits per heavy atom. The minimum absolute atomic E-state index is 0.224. The number of nitrogens with two attached hydrogens (primary N) is 1. The third kappa shape index (κ3) is 4.62. The summed E-state index contributed by atoms with van der Waals surface area (Å²) in [5, 5.41) is 3.03. The molecule has 32 heavy (non-hydrogen) atoms. The maximum Gasteiger partial charge on any atom is 0.253 e. The third-order valence-corrected chi connectivity index (χ3v) is 5.77. The number of benzene rings is 2. The number of carbonyl (C=O) groups excluding carboxylic acids is 1. The van der Waals surface area contributed by atoms with Crippen LogP contribution in [0, 0.1) is 11.6 Å². The van der Waals surface area contributed by atoms with Crippen LogP contribution in [0.2, 0.25) is 0 Å². The van der Waals surface area contributed by atoms with E-state index in [9.17, 15) is 13.6 Å². The molecule has 0 bridgehead atoms. The first-order valence-corrected chi connectivity index (χ1v) is 10.6. The van der Waals surface area contributed by atoms with Gasteiger partial charge in [0.25, 0.3) is 5.91 Å². The van der Waals surface area contributed by atoms with Crippen LogP contribution in [-0.4, -0.2) is 29.5 Å². The summed E-state index contributed by atoms with van der Waals surface area (Å²) in [6.45, 7) is 4.96. The lowest BCUT2D eigenvalue weighted by molar-refractivity contribution is 0.0940. The van der Waals surface area contributed by atoms with Crippen LogP contribution in [0.25, 0.3) is 11.3 Å². The molecule has 2 aromatic carbocycles. The lowest BCUT2D eigenvalue weighted by Crippen LogP contribution is -2.39. The fourth-order valence-electron chi connectivity index (χ4n) is 4.13. The van der Waals surface area contributed by atoms with Crippen LogP contribution in [0.4, 0.5) is 14.5 Å². The lowest BCUT2D eigenvalue weighted by atomic mass is 10.0. The molecule has 3 aromatic rings. The molecule has 1 aliphatic heterocycles. The van der Waals surface area contributed by atoms with Crippen molar-refractivity contribution in [3.63, 3.8) is 0 Å². The molecule has 5 nitrogen and oxygen atoms in total. The third-order valence-electron chi connectivity index (χ3n) is 5.77. The molecule has 0 aliphatic carbocycles. The van der Waals surface area contributed by atoms with Crippen LogP contribution in [0.15, 0.2) is 60.8 Å². The monoisotopic (exact) mass is 436 g/mol. The van der Waals surface area contributed by atoms with Crippen molar-refractivity contribution in [3.05, 3.63) is 83.6 Å². The number of amides is 1. The summed E-state index contributed by atoms with van der Waals surface area (Å²) in [5.41, 5.74) is 8.42. The summed E-state index contributed by atoms with van der Waals surface area (Å²) in [4.78, 5) is 19.7. The first-order chi connectivity index (χ1) is 15.2. The van der Waals surface area contributed by atoms with Gasteiger partial charge in [-0.25, -0.2) is 8.78 Å². The van der Waals surface area contributed by atoms with E-state index in [4.69, 9.17) is 5.73 Å². The molecular formula is C25H26F2N4O. The summed E-state index contributed by atoms with van der Waals surface area (Å²) in [6, 6.07) is 14.3. The SMILES string of the molecule is C[C@H](NC(=O)c1ccnc(-c2cc(F)cc(F)c2)c1N1CC[C@](C)(N)C1)c1ccccc1. The molecule has 4 rings (SSSR count). The van der Waals surface area contributed by atoms with E-state index in [1.54, 1.807) is 6.07 Å². The quantitative estimate of drug-likeness (QED) is 0.620. The predicted octanol–water partition coefficient (Wildman–Crippen LogP) is 4.45. The summed E-state index contributed by atoms with van der Waals surface area (Å²) in [5.74, 6) is -1.70. The van der Waals surface area contributed by atoms with E-state index in [1.807, 2.05) is 49.1 Å². The van der Waals surface area contributed by atoms with E-state index in [2.05, 4.69) is 10.3 Å². The number of rotatable bonds is 5. The van der Waals surface area contributed by atoms with Crippen molar-refractivity contribution in [2.24, 2.45) is 5.73 Å². The van der Waals surface area contributed by atoms with Gasteiger partial charge in [-0.05, 0) is 44.0 Å². The van der Waals surface area contributed by atoms with Gasteiger partial charge >= 0.3 is 0 Å². The molecule has 1 aliphatic rings. The zero-order chi connectivity index (χ0) is 22.9. The number of carbonyl (C=O) groups is 1.